The van der Waals surface area contributed by atoms with Crippen molar-refractivity contribution in [3.05, 3.63) is 0 Å². The van der Waals surface area contributed by atoms with Crippen LogP contribution < -0.4 is 4.72 Å². The minimum atomic E-state index is -5.47. The summed E-state index contributed by atoms with van der Waals surface area (Å²) in [6, 6.07) is -2.19. The van der Waals surface area contributed by atoms with Gasteiger partial charge in [0.15, 0.2) is 24.8 Å². The Morgan fingerprint density at radius 2 is 1.42 bits per heavy atom. The number of aliphatic hydroxyl groups excluding tert-OH is 4. The lowest BCUT2D eigenvalue weighted by atomic mass is 9.96. The first-order valence-corrected chi connectivity index (χ1v) is 13.3. The molecule has 0 amide bonds. The van der Waals surface area contributed by atoms with E-state index in [0.717, 1.165) is 0 Å². The smallest absolute Gasteiger partial charge is 0.397 e. The third-order valence-electron chi connectivity index (χ3n) is 4.67. The molecule has 24 heteroatoms. The highest BCUT2D eigenvalue weighted by atomic mass is 32.3. The summed E-state index contributed by atoms with van der Waals surface area (Å²) in [6.07, 6.45) is -21.1. The second-order valence-electron chi connectivity index (χ2n) is 7.22. The SMILES string of the molecule is O=C(O)[C@H]1O[C@@H](O[C@H]2[C@H](O)[C@@H](NS(=O)(=O)O)C(O)O[C@@H]2COS(=O)(=O)O)[C@H](OS(=O)(=O)O)[C@@H](O)[C@@H]1O. The first kappa shape index (κ1) is 31.0. The van der Waals surface area contributed by atoms with Gasteiger partial charge in [-0.25, -0.2) is 13.2 Å². The maximum Gasteiger partial charge on any atom is 0.397 e. The van der Waals surface area contributed by atoms with E-state index >= 15 is 0 Å². The van der Waals surface area contributed by atoms with Crippen LogP contribution in [0.3, 0.4) is 0 Å². The lowest BCUT2D eigenvalue weighted by Gasteiger charge is -2.46. The predicted molar refractivity (Wildman–Crippen MR) is 102 cm³/mol. The van der Waals surface area contributed by atoms with Gasteiger partial charge in [-0.15, -0.1) is 0 Å². The molecule has 212 valence electrons. The van der Waals surface area contributed by atoms with Crippen molar-refractivity contribution < 1.29 is 91.8 Å². The molecular weight excluding hydrogens is 574 g/mol. The predicted octanol–water partition coefficient (Wildman–Crippen LogP) is -6.25. The minimum Gasteiger partial charge on any atom is -0.479 e. The summed E-state index contributed by atoms with van der Waals surface area (Å²) >= 11 is 0. The fourth-order valence-corrected chi connectivity index (χ4v) is 4.63. The first-order valence-electron chi connectivity index (χ1n) is 9.14. The van der Waals surface area contributed by atoms with Gasteiger partial charge in [-0.3, -0.25) is 13.7 Å². The molecule has 1 unspecified atom stereocenters. The summed E-state index contributed by atoms with van der Waals surface area (Å²) in [6.45, 7) is -1.29. The van der Waals surface area contributed by atoms with Crippen LogP contribution in [0.4, 0.5) is 0 Å². The van der Waals surface area contributed by atoms with Gasteiger partial charge in [-0.1, -0.05) is 0 Å². The van der Waals surface area contributed by atoms with E-state index < -0.39 is 105 Å². The number of carboxylic acids is 1. The maximum absolute atomic E-state index is 11.3. The number of aliphatic hydroxyl groups is 4. The van der Waals surface area contributed by atoms with Crippen LogP contribution in [-0.2, 0) is 58.5 Å². The normalized spacial score (nSPS) is 38.5. The Labute approximate surface area is 201 Å². The topological polar surface area (TPSA) is 340 Å². The number of aliphatic carboxylic acids is 1. The summed E-state index contributed by atoms with van der Waals surface area (Å²) in [5, 5.41) is 49.7. The Kier molecular flexibility index (Phi) is 9.71. The van der Waals surface area contributed by atoms with E-state index in [1.54, 1.807) is 0 Å². The van der Waals surface area contributed by atoms with Crippen molar-refractivity contribution in [3.63, 3.8) is 0 Å². The molecular formula is C12H21NO20S3. The fourth-order valence-electron chi connectivity index (χ4n) is 3.24. The number of rotatable bonds is 10. The Balaban J connectivity index is 2.46. The van der Waals surface area contributed by atoms with E-state index in [4.69, 9.17) is 33.0 Å². The lowest BCUT2D eigenvalue weighted by molar-refractivity contribution is -0.336. The van der Waals surface area contributed by atoms with E-state index in [1.165, 1.54) is 4.72 Å². The van der Waals surface area contributed by atoms with Crippen molar-refractivity contribution >= 4 is 37.1 Å². The zero-order valence-electron chi connectivity index (χ0n) is 17.2. The van der Waals surface area contributed by atoms with Gasteiger partial charge in [-0.2, -0.15) is 30.0 Å². The summed E-state index contributed by atoms with van der Waals surface area (Å²) in [7, 11) is -15.8. The molecule has 0 bridgehead atoms. The highest BCUT2D eigenvalue weighted by Gasteiger charge is 2.54. The zero-order valence-corrected chi connectivity index (χ0v) is 19.6. The molecule has 21 nitrogen and oxygen atoms in total. The third kappa shape index (κ3) is 8.41. The van der Waals surface area contributed by atoms with Crippen LogP contribution >= 0.6 is 0 Å². The third-order valence-corrected chi connectivity index (χ3v) is 6.14. The molecule has 2 saturated heterocycles. The average molecular weight is 595 g/mol. The maximum atomic E-state index is 11.3. The molecule has 2 heterocycles. The quantitative estimate of drug-likeness (QED) is 0.106. The van der Waals surface area contributed by atoms with Crippen molar-refractivity contribution in [2.75, 3.05) is 6.61 Å². The molecule has 0 aromatic carbocycles. The number of carbonyl (C=O) groups is 1. The van der Waals surface area contributed by atoms with Crippen molar-refractivity contribution in [2.45, 2.75) is 61.3 Å². The largest absolute Gasteiger partial charge is 0.479 e. The highest BCUT2D eigenvalue weighted by Crippen LogP contribution is 2.31. The second kappa shape index (κ2) is 11.3. The van der Waals surface area contributed by atoms with E-state index in [2.05, 4.69) is 8.37 Å². The van der Waals surface area contributed by atoms with Crippen LogP contribution in [0.25, 0.3) is 0 Å². The molecule has 9 N–H and O–H groups in total. The molecule has 10 atom stereocenters. The standard InChI is InChI=1S/C12H21NO20S3/c14-4-3(13-34(20,21)22)11(19)30-2(1-29-35(23,24)25)7(4)31-12-9(33-36(26,27)28)6(16)5(15)8(32-12)10(17)18/h2-9,11-16,19H,1H2,(H,17,18)(H,20,21,22)(H,23,24,25)(H,26,27,28)/t2-,3-,4-,5+,6+,7-,8+,9-,11?,12-/m1/s1. The average Bonchev–Trinajstić information content (AvgIpc) is 2.68. The highest BCUT2D eigenvalue weighted by molar-refractivity contribution is 7.83. The molecule has 0 spiro atoms. The van der Waals surface area contributed by atoms with Gasteiger partial charge < -0.3 is 39.7 Å². The van der Waals surface area contributed by atoms with E-state index in [0.29, 0.717) is 0 Å². The lowest BCUT2D eigenvalue weighted by Crippen LogP contribution is -2.67. The molecule has 0 aromatic rings. The molecule has 2 aliphatic heterocycles. The van der Waals surface area contributed by atoms with Crippen LogP contribution in [0, 0.1) is 0 Å². The van der Waals surface area contributed by atoms with Gasteiger partial charge in [0.1, 0.15) is 36.6 Å². The summed E-state index contributed by atoms with van der Waals surface area (Å²) in [5.41, 5.74) is 0. The molecule has 2 rings (SSSR count). The van der Waals surface area contributed by atoms with Gasteiger partial charge in [0.05, 0.1) is 6.61 Å². The van der Waals surface area contributed by atoms with Crippen molar-refractivity contribution in [1.82, 2.24) is 4.72 Å². The molecule has 0 saturated carbocycles. The monoisotopic (exact) mass is 595 g/mol. The first-order chi connectivity index (χ1) is 16.2. The van der Waals surface area contributed by atoms with Crippen LogP contribution in [0.1, 0.15) is 0 Å². The number of nitrogens with one attached hydrogen (secondary N) is 1. The number of hydrogen-bond donors (Lipinski definition) is 9. The fraction of sp³-hybridized carbons (Fsp3) is 0.917. The minimum absolute atomic E-state index is 1.29. The molecule has 2 fully saturated rings. The summed E-state index contributed by atoms with van der Waals surface area (Å²) in [4.78, 5) is 11.3. The van der Waals surface area contributed by atoms with Crippen LogP contribution in [0.5, 0.6) is 0 Å². The van der Waals surface area contributed by atoms with E-state index in [9.17, 15) is 50.5 Å². The Morgan fingerprint density at radius 3 is 1.89 bits per heavy atom. The van der Waals surface area contributed by atoms with Gasteiger partial charge in [-0.05, 0) is 0 Å². The van der Waals surface area contributed by atoms with E-state index in [1.807, 2.05) is 0 Å². The molecule has 0 radical (unpaired) electrons. The molecule has 2 aliphatic rings. The zero-order chi connectivity index (χ0) is 27.8. The van der Waals surface area contributed by atoms with E-state index in [-0.39, 0.29) is 0 Å². The Hall–Kier alpha value is -1.20. The summed E-state index contributed by atoms with van der Waals surface area (Å²) in [5.74, 6) is -1.94. The molecule has 36 heavy (non-hydrogen) atoms. The van der Waals surface area contributed by atoms with Crippen LogP contribution in [0.2, 0.25) is 0 Å². The number of ether oxygens (including phenoxy) is 3. The molecule has 0 aromatic heterocycles. The Bertz CT molecular complexity index is 1100. The van der Waals surface area contributed by atoms with Crippen molar-refractivity contribution in [3.8, 4) is 0 Å². The van der Waals surface area contributed by atoms with Gasteiger partial charge in [0, 0.05) is 0 Å². The van der Waals surface area contributed by atoms with Gasteiger partial charge in [0.2, 0.25) is 0 Å². The number of carboxylic acid groups (broad SMARTS) is 1. The van der Waals surface area contributed by atoms with Crippen LogP contribution in [-0.4, -0.2) is 138 Å². The van der Waals surface area contributed by atoms with Crippen LogP contribution in [0.15, 0.2) is 0 Å². The number of hydrogen-bond acceptors (Lipinski definition) is 16. The van der Waals surface area contributed by atoms with Gasteiger partial charge in [0.25, 0.3) is 0 Å². The van der Waals surface area contributed by atoms with Crippen molar-refractivity contribution in [2.24, 2.45) is 0 Å². The Morgan fingerprint density at radius 1 is 0.833 bits per heavy atom. The van der Waals surface area contributed by atoms with Crippen molar-refractivity contribution in [1.29, 1.82) is 0 Å². The molecule has 0 aliphatic carbocycles. The second-order valence-corrected chi connectivity index (χ2v) is 10.5. The van der Waals surface area contributed by atoms with Gasteiger partial charge >= 0.3 is 37.1 Å². The summed E-state index contributed by atoms with van der Waals surface area (Å²) < 4.78 is 118.